The van der Waals surface area contributed by atoms with E-state index in [1.54, 1.807) is 0 Å². The van der Waals surface area contributed by atoms with Gasteiger partial charge in [0.05, 0.1) is 6.20 Å². The summed E-state index contributed by atoms with van der Waals surface area (Å²) < 4.78 is 7.04. The monoisotopic (exact) mass is 314 g/mol. The minimum Gasteiger partial charge on any atom is -0.485 e. The van der Waals surface area contributed by atoms with Crippen molar-refractivity contribution in [2.75, 3.05) is 0 Å². The van der Waals surface area contributed by atoms with E-state index >= 15 is 0 Å². The predicted octanol–water partition coefficient (Wildman–Crippen LogP) is 3.52. The Balaban J connectivity index is 1.89. The Morgan fingerprint density at radius 3 is 2.68 bits per heavy atom. The molecule has 0 aliphatic rings. The summed E-state index contributed by atoms with van der Waals surface area (Å²) >= 11 is 1.48. The SMILES string of the molecule is Cc1ccc(-n2ncc(OCc3ccccc3)c2C(=O)O)s1. The molecule has 0 radical (unpaired) electrons. The van der Waals surface area contributed by atoms with Gasteiger partial charge in [0.2, 0.25) is 0 Å². The number of benzene rings is 1. The van der Waals surface area contributed by atoms with Gasteiger partial charge in [-0.15, -0.1) is 11.3 Å². The Morgan fingerprint density at radius 2 is 2.05 bits per heavy atom. The van der Waals surface area contributed by atoms with E-state index in [4.69, 9.17) is 4.74 Å². The average molecular weight is 314 g/mol. The van der Waals surface area contributed by atoms with Crippen LogP contribution in [0.2, 0.25) is 0 Å². The lowest BCUT2D eigenvalue weighted by molar-refractivity contribution is 0.0682. The van der Waals surface area contributed by atoms with Crippen LogP contribution in [0.4, 0.5) is 0 Å². The number of carboxylic acids is 1. The molecule has 5 nitrogen and oxygen atoms in total. The maximum Gasteiger partial charge on any atom is 0.358 e. The maximum atomic E-state index is 11.6. The molecular weight excluding hydrogens is 300 g/mol. The van der Waals surface area contributed by atoms with Gasteiger partial charge in [0.1, 0.15) is 11.6 Å². The molecule has 1 N–H and O–H groups in total. The second-order valence-electron chi connectivity index (χ2n) is 4.73. The van der Waals surface area contributed by atoms with E-state index in [9.17, 15) is 9.90 Å². The zero-order valence-corrected chi connectivity index (χ0v) is 12.7. The van der Waals surface area contributed by atoms with Crippen LogP contribution in [0.5, 0.6) is 5.75 Å². The third-order valence-electron chi connectivity index (χ3n) is 3.11. The number of aromatic nitrogens is 2. The molecule has 3 aromatic rings. The zero-order chi connectivity index (χ0) is 15.5. The summed E-state index contributed by atoms with van der Waals surface area (Å²) in [4.78, 5) is 12.7. The van der Waals surface area contributed by atoms with E-state index in [-0.39, 0.29) is 11.4 Å². The second kappa shape index (κ2) is 6.03. The van der Waals surface area contributed by atoms with Gasteiger partial charge in [0, 0.05) is 4.88 Å². The molecule has 2 heterocycles. The fraction of sp³-hybridized carbons (Fsp3) is 0.125. The third-order valence-corrected chi connectivity index (χ3v) is 4.09. The highest BCUT2D eigenvalue weighted by molar-refractivity contribution is 7.14. The summed E-state index contributed by atoms with van der Waals surface area (Å²) in [6, 6.07) is 13.4. The second-order valence-corrected chi connectivity index (χ2v) is 6.00. The van der Waals surface area contributed by atoms with Crippen LogP contribution >= 0.6 is 11.3 Å². The van der Waals surface area contributed by atoms with Crippen LogP contribution in [0.25, 0.3) is 5.00 Å². The van der Waals surface area contributed by atoms with E-state index in [2.05, 4.69) is 5.10 Å². The molecule has 0 amide bonds. The molecule has 0 fully saturated rings. The molecule has 3 rings (SSSR count). The first-order valence-electron chi connectivity index (χ1n) is 6.70. The number of aryl methyl sites for hydroxylation is 1. The van der Waals surface area contributed by atoms with Gasteiger partial charge < -0.3 is 9.84 Å². The molecule has 0 aliphatic carbocycles. The average Bonchev–Trinajstić information content (AvgIpc) is 3.12. The highest BCUT2D eigenvalue weighted by Crippen LogP contribution is 2.26. The van der Waals surface area contributed by atoms with Crippen molar-refractivity contribution in [1.82, 2.24) is 9.78 Å². The Kier molecular flexibility index (Phi) is 3.93. The number of nitrogens with zero attached hydrogens (tertiary/aromatic N) is 2. The molecule has 0 spiro atoms. The van der Waals surface area contributed by atoms with Crippen LogP contribution in [0, 0.1) is 6.92 Å². The summed E-state index contributed by atoms with van der Waals surface area (Å²) in [6.45, 7) is 2.27. The van der Waals surface area contributed by atoms with Crippen LogP contribution in [-0.4, -0.2) is 20.9 Å². The lowest BCUT2D eigenvalue weighted by Crippen LogP contribution is -2.09. The van der Waals surface area contributed by atoms with Crippen LogP contribution in [0.15, 0.2) is 48.7 Å². The van der Waals surface area contributed by atoms with Gasteiger partial charge in [-0.25, -0.2) is 9.48 Å². The highest BCUT2D eigenvalue weighted by atomic mass is 32.1. The number of hydrogen-bond donors (Lipinski definition) is 1. The fourth-order valence-electron chi connectivity index (χ4n) is 2.07. The van der Waals surface area contributed by atoms with E-state index in [0.717, 1.165) is 15.4 Å². The minimum absolute atomic E-state index is 0.0396. The van der Waals surface area contributed by atoms with Gasteiger partial charge in [-0.05, 0) is 24.6 Å². The molecule has 0 aliphatic heterocycles. The smallest absolute Gasteiger partial charge is 0.358 e. The molecule has 0 bridgehead atoms. The number of thiophene rings is 1. The van der Waals surface area contributed by atoms with Gasteiger partial charge in [0.25, 0.3) is 0 Å². The van der Waals surface area contributed by atoms with Crippen LogP contribution in [-0.2, 0) is 6.61 Å². The number of rotatable bonds is 5. The first-order chi connectivity index (χ1) is 10.6. The predicted molar refractivity (Wildman–Crippen MR) is 83.9 cm³/mol. The first-order valence-corrected chi connectivity index (χ1v) is 7.51. The number of aromatic carboxylic acids is 1. The molecule has 0 saturated carbocycles. The Hall–Kier alpha value is -2.60. The fourth-order valence-corrected chi connectivity index (χ4v) is 2.90. The number of hydrogen-bond acceptors (Lipinski definition) is 4. The van der Waals surface area contributed by atoms with Crippen LogP contribution in [0.3, 0.4) is 0 Å². The van der Waals surface area contributed by atoms with Gasteiger partial charge in [-0.1, -0.05) is 30.3 Å². The van der Waals surface area contributed by atoms with Crippen molar-refractivity contribution >= 4 is 17.3 Å². The standard InChI is InChI=1S/C16H14N2O3S/c1-11-7-8-14(22-11)18-15(16(19)20)13(9-17-18)21-10-12-5-3-2-4-6-12/h2-9H,10H2,1H3,(H,19,20). The largest absolute Gasteiger partial charge is 0.485 e. The van der Waals surface area contributed by atoms with Crippen molar-refractivity contribution < 1.29 is 14.6 Å². The van der Waals surface area contributed by atoms with Crippen molar-refractivity contribution in [3.05, 3.63) is 64.8 Å². The summed E-state index contributed by atoms with van der Waals surface area (Å²) in [5.74, 6) is -0.797. The van der Waals surface area contributed by atoms with Crippen molar-refractivity contribution in [3.63, 3.8) is 0 Å². The van der Waals surface area contributed by atoms with E-state index in [1.807, 2.05) is 49.4 Å². The van der Waals surface area contributed by atoms with E-state index in [0.29, 0.717) is 6.61 Å². The minimum atomic E-state index is -1.06. The molecule has 22 heavy (non-hydrogen) atoms. The molecule has 2 aromatic heterocycles. The van der Waals surface area contributed by atoms with Gasteiger partial charge in [-0.2, -0.15) is 5.10 Å². The molecule has 112 valence electrons. The van der Waals surface area contributed by atoms with E-state index in [1.165, 1.54) is 22.2 Å². The van der Waals surface area contributed by atoms with Gasteiger partial charge >= 0.3 is 5.97 Å². The van der Waals surface area contributed by atoms with Crippen molar-refractivity contribution in [2.24, 2.45) is 0 Å². The molecule has 0 saturated heterocycles. The zero-order valence-electron chi connectivity index (χ0n) is 11.9. The molecular formula is C16H14N2O3S. The first kappa shape index (κ1) is 14.3. The van der Waals surface area contributed by atoms with Crippen molar-refractivity contribution in [2.45, 2.75) is 13.5 Å². The van der Waals surface area contributed by atoms with Crippen molar-refractivity contribution in [1.29, 1.82) is 0 Å². The lowest BCUT2D eigenvalue weighted by Gasteiger charge is -2.06. The van der Waals surface area contributed by atoms with Crippen molar-refractivity contribution in [3.8, 4) is 10.8 Å². The molecule has 6 heteroatoms. The van der Waals surface area contributed by atoms with Crippen LogP contribution < -0.4 is 4.74 Å². The summed E-state index contributed by atoms with van der Waals surface area (Å²) in [5.41, 5.74) is 1.01. The quantitative estimate of drug-likeness (QED) is 0.782. The van der Waals surface area contributed by atoms with Gasteiger partial charge in [0.15, 0.2) is 11.4 Å². The lowest BCUT2D eigenvalue weighted by atomic mass is 10.2. The number of carboxylic acid groups (broad SMARTS) is 1. The Labute approximate surface area is 131 Å². The normalized spacial score (nSPS) is 10.6. The topological polar surface area (TPSA) is 64.4 Å². The number of ether oxygens (including phenoxy) is 1. The van der Waals surface area contributed by atoms with Gasteiger partial charge in [-0.3, -0.25) is 0 Å². The molecule has 0 atom stereocenters. The Morgan fingerprint density at radius 1 is 1.27 bits per heavy atom. The molecule has 0 unspecified atom stereocenters. The summed E-state index contributed by atoms with van der Waals surface area (Å²) in [6.07, 6.45) is 1.45. The summed E-state index contributed by atoms with van der Waals surface area (Å²) in [5, 5.41) is 14.4. The third kappa shape index (κ3) is 2.87. The Bertz CT molecular complexity index is 793. The highest BCUT2D eigenvalue weighted by Gasteiger charge is 2.21. The van der Waals surface area contributed by atoms with E-state index < -0.39 is 5.97 Å². The molecule has 1 aromatic carbocycles. The maximum absolute atomic E-state index is 11.6. The number of carbonyl (C=O) groups is 1. The summed E-state index contributed by atoms with van der Waals surface area (Å²) in [7, 11) is 0. The van der Waals surface area contributed by atoms with Crippen LogP contribution in [0.1, 0.15) is 20.9 Å².